The standard InChI is InChI=1S/C12H14O/c1-9-6-10(2)8-12(7-9)11(3)4-5-13/h4-8H,1-3H3/b11-4-. The third kappa shape index (κ3) is 2.55. The Hall–Kier alpha value is -1.37. The van der Waals surface area contributed by atoms with Crippen molar-refractivity contribution in [2.24, 2.45) is 0 Å². The van der Waals surface area contributed by atoms with E-state index in [1.54, 1.807) is 6.08 Å². The molecule has 0 unspecified atom stereocenters. The molecule has 0 amide bonds. The molecule has 0 fully saturated rings. The molecule has 1 aromatic carbocycles. The molecule has 0 bridgehead atoms. The monoisotopic (exact) mass is 174 g/mol. The summed E-state index contributed by atoms with van der Waals surface area (Å²) < 4.78 is 0. The summed E-state index contributed by atoms with van der Waals surface area (Å²) in [5.74, 6) is 0. The second-order valence-corrected chi connectivity index (χ2v) is 3.36. The van der Waals surface area contributed by atoms with Crippen LogP contribution in [0.2, 0.25) is 0 Å². The van der Waals surface area contributed by atoms with Gasteiger partial charge < -0.3 is 0 Å². The minimum Gasteiger partial charge on any atom is -0.299 e. The second-order valence-electron chi connectivity index (χ2n) is 3.36. The molecule has 0 saturated carbocycles. The highest BCUT2D eigenvalue weighted by atomic mass is 16.1. The summed E-state index contributed by atoms with van der Waals surface area (Å²) in [6.45, 7) is 6.07. The van der Waals surface area contributed by atoms with E-state index in [0.717, 1.165) is 17.4 Å². The number of hydrogen-bond donors (Lipinski definition) is 0. The molecule has 0 spiro atoms. The van der Waals surface area contributed by atoms with Crippen molar-refractivity contribution in [2.45, 2.75) is 20.8 Å². The lowest BCUT2D eigenvalue weighted by molar-refractivity contribution is -0.104. The van der Waals surface area contributed by atoms with Gasteiger partial charge in [0.1, 0.15) is 6.29 Å². The van der Waals surface area contributed by atoms with Crippen LogP contribution >= 0.6 is 0 Å². The van der Waals surface area contributed by atoms with Gasteiger partial charge in [-0.15, -0.1) is 0 Å². The van der Waals surface area contributed by atoms with Crippen molar-refractivity contribution in [2.75, 3.05) is 0 Å². The first kappa shape index (κ1) is 9.72. The predicted molar refractivity (Wildman–Crippen MR) is 55.6 cm³/mol. The van der Waals surface area contributed by atoms with Gasteiger partial charge >= 0.3 is 0 Å². The quantitative estimate of drug-likeness (QED) is 0.497. The molecule has 1 heteroatoms. The van der Waals surface area contributed by atoms with Gasteiger partial charge in [0.05, 0.1) is 0 Å². The van der Waals surface area contributed by atoms with Crippen LogP contribution in [0.25, 0.3) is 5.57 Å². The summed E-state index contributed by atoms with van der Waals surface area (Å²) >= 11 is 0. The number of allylic oxidation sites excluding steroid dienone is 2. The van der Waals surface area contributed by atoms with Crippen LogP contribution in [0.5, 0.6) is 0 Å². The number of benzene rings is 1. The van der Waals surface area contributed by atoms with Crippen molar-refractivity contribution >= 4 is 11.9 Å². The van der Waals surface area contributed by atoms with Crippen molar-refractivity contribution in [3.8, 4) is 0 Å². The molecule has 1 nitrogen and oxygen atoms in total. The maximum Gasteiger partial charge on any atom is 0.143 e. The Balaban J connectivity index is 3.15. The van der Waals surface area contributed by atoms with Crippen molar-refractivity contribution in [1.29, 1.82) is 0 Å². The molecule has 0 aromatic heterocycles. The minimum absolute atomic E-state index is 0.826. The maximum atomic E-state index is 10.3. The molecule has 0 radical (unpaired) electrons. The lowest BCUT2D eigenvalue weighted by Gasteiger charge is -2.03. The van der Waals surface area contributed by atoms with Gasteiger partial charge in [0, 0.05) is 0 Å². The van der Waals surface area contributed by atoms with Crippen LogP contribution < -0.4 is 0 Å². The SMILES string of the molecule is C/C(=C/C=O)c1cc(C)cc(C)c1. The second kappa shape index (κ2) is 4.04. The van der Waals surface area contributed by atoms with E-state index in [2.05, 4.69) is 32.0 Å². The van der Waals surface area contributed by atoms with E-state index in [4.69, 9.17) is 0 Å². The molecule has 0 aliphatic heterocycles. The zero-order valence-corrected chi connectivity index (χ0v) is 8.29. The van der Waals surface area contributed by atoms with Crippen LogP contribution in [0, 0.1) is 13.8 Å². The summed E-state index contributed by atoms with van der Waals surface area (Å²) in [7, 11) is 0. The zero-order chi connectivity index (χ0) is 9.84. The molecular weight excluding hydrogens is 160 g/mol. The average Bonchev–Trinajstić information content (AvgIpc) is 2.03. The molecule has 0 aliphatic rings. The third-order valence-corrected chi connectivity index (χ3v) is 2.00. The Labute approximate surface area is 79.1 Å². The molecule has 1 aromatic rings. The van der Waals surface area contributed by atoms with Gasteiger partial charge in [-0.2, -0.15) is 0 Å². The van der Waals surface area contributed by atoms with Crippen LogP contribution in [-0.4, -0.2) is 6.29 Å². The van der Waals surface area contributed by atoms with E-state index in [0.29, 0.717) is 0 Å². The molecular formula is C12H14O. The molecule has 0 heterocycles. The molecule has 68 valence electrons. The van der Waals surface area contributed by atoms with E-state index >= 15 is 0 Å². The number of rotatable bonds is 2. The highest BCUT2D eigenvalue weighted by Crippen LogP contribution is 2.16. The van der Waals surface area contributed by atoms with E-state index in [1.165, 1.54) is 11.1 Å². The van der Waals surface area contributed by atoms with E-state index in [9.17, 15) is 4.79 Å². The lowest BCUT2D eigenvalue weighted by atomic mass is 10.0. The number of aldehydes is 1. The molecule has 0 aliphatic carbocycles. The van der Waals surface area contributed by atoms with Crippen molar-refractivity contribution in [3.63, 3.8) is 0 Å². The van der Waals surface area contributed by atoms with Gasteiger partial charge in [-0.3, -0.25) is 4.79 Å². The van der Waals surface area contributed by atoms with Crippen LogP contribution in [0.1, 0.15) is 23.6 Å². The van der Waals surface area contributed by atoms with Gasteiger partial charge in [-0.25, -0.2) is 0 Å². The normalized spacial score (nSPS) is 11.5. The highest BCUT2D eigenvalue weighted by Gasteiger charge is 1.97. The topological polar surface area (TPSA) is 17.1 Å². The molecule has 0 saturated heterocycles. The number of hydrogen-bond acceptors (Lipinski definition) is 1. The smallest absolute Gasteiger partial charge is 0.143 e. The van der Waals surface area contributed by atoms with E-state index < -0.39 is 0 Å². The first-order valence-electron chi connectivity index (χ1n) is 4.34. The molecule has 13 heavy (non-hydrogen) atoms. The van der Waals surface area contributed by atoms with Gasteiger partial charge in [-0.1, -0.05) is 29.3 Å². The number of carbonyl (C=O) groups excluding carboxylic acids is 1. The average molecular weight is 174 g/mol. The highest BCUT2D eigenvalue weighted by molar-refractivity contribution is 5.80. The Bertz CT molecular complexity index is 328. The Morgan fingerprint density at radius 1 is 1.15 bits per heavy atom. The summed E-state index contributed by atoms with van der Waals surface area (Å²) in [6.07, 6.45) is 2.42. The van der Waals surface area contributed by atoms with Crippen molar-refractivity contribution in [1.82, 2.24) is 0 Å². The maximum absolute atomic E-state index is 10.3. The van der Waals surface area contributed by atoms with Gasteiger partial charge in [0.15, 0.2) is 0 Å². The van der Waals surface area contributed by atoms with Crippen molar-refractivity contribution in [3.05, 3.63) is 41.0 Å². The third-order valence-electron chi connectivity index (χ3n) is 2.00. The Morgan fingerprint density at radius 3 is 2.15 bits per heavy atom. The van der Waals surface area contributed by atoms with Crippen LogP contribution in [0.15, 0.2) is 24.3 Å². The van der Waals surface area contributed by atoms with Crippen LogP contribution in [-0.2, 0) is 4.79 Å². The van der Waals surface area contributed by atoms with Gasteiger partial charge in [0.25, 0.3) is 0 Å². The van der Waals surface area contributed by atoms with Gasteiger partial charge in [-0.05, 0) is 38.0 Å². The lowest BCUT2D eigenvalue weighted by Crippen LogP contribution is -1.84. The van der Waals surface area contributed by atoms with E-state index in [1.807, 2.05) is 6.92 Å². The Kier molecular flexibility index (Phi) is 3.02. The van der Waals surface area contributed by atoms with E-state index in [-0.39, 0.29) is 0 Å². The summed E-state index contributed by atoms with van der Waals surface area (Å²) in [5, 5.41) is 0. The number of carbonyl (C=O) groups is 1. The van der Waals surface area contributed by atoms with Crippen molar-refractivity contribution < 1.29 is 4.79 Å². The first-order chi connectivity index (χ1) is 6.13. The fourth-order valence-electron chi connectivity index (χ4n) is 1.40. The van der Waals surface area contributed by atoms with Crippen LogP contribution in [0.3, 0.4) is 0 Å². The summed E-state index contributed by atoms with van der Waals surface area (Å²) in [6, 6.07) is 6.29. The first-order valence-corrected chi connectivity index (χ1v) is 4.34. The fourth-order valence-corrected chi connectivity index (χ4v) is 1.40. The summed E-state index contributed by atoms with van der Waals surface area (Å²) in [5.41, 5.74) is 4.61. The zero-order valence-electron chi connectivity index (χ0n) is 8.29. The minimum atomic E-state index is 0.826. The predicted octanol–water partition coefficient (Wildman–Crippen LogP) is 2.91. The summed E-state index contributed by atoms with van der Waals surface area (Å²) in [4.78, 5) is 10.3. The fraction of sp³-hybridized carbons (Fsp3) is 0.250. The Morgan fingerprint density at radius 2 is 1.69 bits per heavy atom. The molecule has 0 N–H and O–H groups in total. The molecule has 0 atom stereocenters. The number of aryl methyl sites for hydroxylation is 2. The van der Waals surface area contributed by atoms with Gasteiger partial charge in [0.2, 0.25) is 0 Å². The molecule has 1 rings (SSSR count). The largest absolute Gasteiger partial charge is 0.299 e. The van der Waals surface area contributed by atoms with Crippen LogP contribution in [0.4, 0.5) is 0 Å².